The van der Waals surface area contributed by atoms with E-state index in [4.69, 9.17) is 15.2 Å². The Hall–Kier alpha value is 0.130. The van der Waals surface area contributed by atoms with Crippen LogP contribution in [-0.2, 0) is 9.47 Å². The van der Waals surface area contributed by atoms with Gasteiger partial charge in [0.15, 0.2) is 0 Å². The van der Waals surface area contributed by atoms with E-state index in [9.17, 15) is 5.11 Å². The maximum Gasteiger partial charge on any atom is 0.113 e. The van der Waals surface area contributed by atoms with E-state index in [0.29, 0.717) is 13.2 Å². The molecule has 0 aliphatic carbocycles. The van der Waals surface area contributed by atoms with Crippen molar-refractivity contribution in [2.24, 2.45) is 5.73 Å². The SMILES string of the molecule is Cl.NC1COC2C(O)COC12. The fraction of sp³-hybridized carbons (Fsp3) is 1.00. The molecule has 2 heterocycles. The van der Waals surface area contributed by atoms with Gasteiger partial charge in [-0.25, -0.2) is 0 Å². The van der Waals surface area contributed by atoms with Crippen LogP contribution in [0.4, 0.5) is 0 Å². The Morgan fingerprint density at radius 3 is 2.45 bits per heavy atom. The lowest BCUT2D eigenvalue weighted by molar-refractivity contribution is 0.0182. The summed E-state index contributed by atoms with van der Waals surface area (Å²) in [4.78, 5) is 0. The molecule has 0 amide bonds. The van der Waals surface area contributed by atoms with E-state index in [1.54, 1.807) is 0 Å². The van der Waals surface area contributed by atoms with Crippen LogP contribution in [0.5, 0.6) is 0 Å². The molecular weight excluding hydrogens is 170 g/mol. The van der Waals surface area contributed by atoms with E-state index >= 15 is 0 Å². The van der Waals surface area contributed by atoms with Gasteiger partial charge in [-0.05, 0) is 0 Å². The molecule has 2 aliphatic rings. The fourth-order valence-electron chi connectivity index (χ4n) is 1.51. The number of nitrogens with two attached hydrogens (primary N) is 1. The second-order valence-electron chi connectivity index (χ2n) is 2.83. The summed E-state index contributed by atoms with van der Waals surface area (Å²) in [5, 5.41) is 9.21. The van der Waals surface area contributed by atoms with Crippen molar-refractivity contribution < 1.29 is 14.6 Å². The van der Waals surface area contributed by atoms with Crippen molar-refractivity contribution in [3.05, 3.63) is 0 Å². The van der Waals surface area contributed by atoms with E-state index in [1.165, 1.54) is 0 Å². The maximum atomic E-state index is 9.21. The zero-order valence-corrected chi connectivity index (χ0v) is 6.79. The topological polar surface area (TPSA) is 64.7 Å². The van der Waals surface area contributed by atoms with Crippen molar-refractivity contribution in [1.29, 1.82) is 0 Å². The minimum Gasteiger partial charge on any atom is -0.388 e. The number of aliphatic hydroxyl groups excluding tert-OH is 1. The average Bonchev–Trinajstić information content (AvgIpc) is 2.41. The Morgan fingerprint density at radius 2 is 1.82 bits per heavy atom. The number of aliphatic hydroxyl groups is 1. The van der Waals surface area contributed by atoms with Crippen molar-refractivity contribution in [2.45, 2.75) is 24.4 Å². The molecule has 11 heavy (non-hydrogen) atoms. The van der Waals surface area contributed by atoms with Gasteiger partial charge in [0.1, 0.15) is 18.3 Å². The molecule has 4 unspecified atom stereocenters. The fourth-order valence-corrected chi connectivity index (χ4v) is 1.51. The second-order valence-corrected chi connectivity index (χ2v) is 2.83. The van der Waals surface area contributed by atoms with Crippen LogP contribution in [0.2, 0.25) is 0 Å². The van der Waals surface area contributed by atoms with E-state index in [2.05, 4.69) is 0 Å². The summed E-state index contributed by atoms with van der Waals surface area (Å²) in [6, 6.07) is -0.0536. The zero-order valence-electron chi connectivity index (χ0n) is 5.97. The van der Waals surface area contributed by atoms with Crippen LogP contribution in [0.15, 0.2) is 0 Å². The molecule has 0 bridgehead atoms. The summed E-state index contributed by atoms with van der Waals surface area (Å²) in [5.74, 6) is 0. The van der Waals surface area contributed by atoms with Crippen molar-refractivity contribution in [3.8, 4) is 0 Å². The first-order valence-electron chi connectivity index (χ1n) is 3.46. The molecule has 2 rings (SSSR count). The summed E-state index contributed by atoms with van der Waals surface area (Å²) in [7, 11) is 0. The Kier molecular flexibility index (Phi) is 2.72. The number of hydrogen-bond acceptors (Lipinski definition) is 4. The van der Waals surface area contributed by atoms with Gasteiger partial charge in [0.2, 0.25) is 0 Å². The smallest absolute Gasteiger partial charge is 0.113 e. The standard InChI is InChI=1S/C6H11NO3.ClH/c7-3-1-9-6-4(8)2-10-5(3)6;/h3-6,8H,1-2,7H2;1H. The van der Waals surface area contributed by atoms with Gasteiger partial charge in [0.05, 0.1) is 19.3 Å². The third kappa shape index (κ3) is 1.37. The van der Waals surface area contributed by atoms with Gasteiger partial charge >= 0.3 is 0 Å². The van der Waals surface area contributed by atoms with Gasteiger partial charge < -0.3 is 20.3 Å². The van der Waals surface area contributed by atoms with Gasteiger partial charge in [-0.3, -0.25) is 0 Å². The number of halogens is 1. The van der Waals surface area contributed by atoms with Gasteiger partial charge in [-0.1, -0.05) is 0 Å². The lowest BCUT2D eigenvalue weighted by Crippen LogP contribution is -2.36. The molecule has 4 nitrogen and oxygen atoms in total. The lowest BCUT2D eigenvalue weighted by Gasteiger charge is -2.10. The number of ether oxygens (including phenoxy) is 2. The van der Waals surface area contributed by atoms with Crippen LogP contribution in [0.25, 0.3) is 0 Å². The summed E-state index contributed by atoms with van der Waals surface area (Å²) < 4.78 is 10.4. The molecule has 0 spiro atoms. The molecule has 0 aromatic heterocycles. The van der Waals surface area contributed by atoms with Crippen LogP contribution in [-0.4, -0.2) is 42.7 Å². The highest BCUT2D eigenvalue weighted by Gasteiger charge is 2.45. The van der Waals surface area contributed by atoms with Crippen LogP contribution in [0.1, 0.15) is 0 Å². The predicted octanol–water partition coefficient (Wildman–Crippen LogP) is -1.11. The molecule has 0 radical (unpaired) electrons. The van der Waals surface area contributed by atoms with Crippen molar-refractivity contribution in [2.75, 3.05) is 13.2 Å². The van der Waals surface area contributed by atoms with E-state index < -0.39 is 6.10 Å². The average molecular weight is 182 g/mol. The normalized spacial score (nSPS) is 48.5. The third-order valence-corrected chi connectivity index (χ3v) is 2.07. The summed E-state index contributed by atoms with van der Waals surface area (Å²) in [6.45, 7) is 0.870. The Morgan fingerprint density at radius 1 is 1.18 bits per heavy atom. The molecule has 0 aromatic carbocycles. The summed E-state index contributed by atoms with van der Waals surface area (Å²) in [6.07, 6.45) is -0.719. The molecular formula is C6H12ClNO3. The molecule has 5 heteroatoms. The first kappa shape index (κ1) is 9.22. The van der Waals surface area contributed by atoms with Crippen LogP contribution < -0.4 is 5.73 Å². The molecule has 2 aliphatic heterocycles. The van der Waals surface area contributed by atoms with Crippen molar-refractivity contribution in [1.82, 2.24) is 0 Å². The summed E-state index contributed by atoms with van der Waals surface area (Å²) >= 11 is 0. The molecule has 0 aromatic rings. The Bertz CT molecular complexity index is 130. The van der Waals surface area contributed by atoms with Crippen LogP contribution in [0, 0.1) is 0 Å². The molecule has 2 saturated heterocycles. The molecule has 2 fully saturated rings. The largest absolute Gasteiger partial charge is 0.388 e. The van der Waals surface area contributed by atoms with Gasteiger partial charge in [-0.15, -0.1) is 12.4 Å². The van der Waals surface area contributed by atoms with E-state index in [0.717, 1.165) is 0 Å². The lowest BCUT2D eigenvalue weighted by atomic mass is 10.1. The summed E-state index contributed by atoms with van der Waals surface area (Å²) in [5.41, 5.74) is 5.62. The second kappa shape index (κ2) is 3.25. The molecule has 66 valence electrons. The van der Waals surface area contributed by atoms with E-state index in [1.807, 2.05) is 0 Å². The third-order valence-electron chi connectivity index (χ3n) is 2.07. The first-order chi connectivity index (χ1) is 4.79. The van der Waals surface area contributed by atoms with Gasteiger partial charge in [0, 0.05) is 0 Å². The molecule has 3 N–H and O–H groups in total. The minimum absolute atomic E-state index is 0. The Balaban J connectivity index is 0.000000605. The van der Waals surface area contributed by atoms with Gasteiger partial charge in [-0.2, -0.15) is 0 Å². The van der Waals surface area contributed by atoms with Gasteiger partial charge in [0.25, 0.3) is 0 Å². The predicted molar refractivity (Wildman–Crippen MR) is 40.7 cm³/mol. The monoisotopic (exact) mass is 181 g/mol. The quantitative estimate of drug-likeness (QED) is 0.498. The zero-order chi connectivity index (χ0) is 7.14. The maximum absolute atomic E-state index is 9.21. The number of rotatable bonds is 0. The molecule has 0 saturated carbocycles. The van der Waals surface area contributed by atoms with Crippen LogP contribution in [0.3, 0.4) is 0 Å². The molecule has 4 atom stereocenters. The highest BCUT2D eigenvalue weighted by molar-refractivity contribution is 5.85. The Labute approximate surface area is 71.1 Å². The first-order valence-corrected chi connectivity index (χ1v) is 3.46. The highest BCUT2D eigenvalue weighted by atomic mass is 35.5. The van der Waals surface area contributed by atoms with Crippen LogP contribution >= 0.6 is 12.4 Å². The number of hydrogen-bond donors (Lipinski definition) is 2. The highest BCUT2D eigenvalue weighted by Crippen LogP contribution is 2.25. The number of fused-ring (bicyclic) bond motifs is 1. The minimum atomic E-state index is -0.474. The van der Waals surface area contributed by atoms with Crippen molar-refractivity contribution >= 4 is 12.4 Å². The van der Waals surface area contributed by atoms with E-state index in [-0.39, 0.29) is 30.7 Å². The van der Waals surface area contributed by atoms with Crippen molar-refractivity contribution in [3.63, 3.8) is 0 Å².